The molecule has 100 valence electrons. The fourth-order valence-electron chi connectivity index (χ4n) is 1.51. The summed E-state index contributed by atoms with van der Waals surface area (Å²) in [6, 6.07) is 6.05. The Hall–Kier alpha value is -1.40. The highest BCUT2D eigenvalue weighted by Crippen LogP contribution is 2.12. The molecule has 1 rings (SSSR count). The molecule has 18 heavy (non-hydrogen) atoms. The molecule has 0 atom stereocenters. The van der Waals surface area contributed by atoms with E-state index in [1.165, 1.54) is 17.0 Å². The van der Waals surface area contributed by atoms with Crippen molar-refractivity contribution in [2.24, 2.45) is 5.73 Å². The molecular formula is C12H18N2O3S. The van der Waals surface area contributed by atoms with E-state index in [1.54, 1.807) is 19.2 Å². The lowest BCUT2D eigenvalue weighted by atomic mass is 10.2. The molecule has 6 heteroatoms. The zero-order valence-electron chi connectivity index (χ0n) is 10.6. The van der Waals surface area contributed by atoms with Crippen molar-refractivity contribution in [3.05, 3.63) is 29.8 Å². The highest BCUT2D eigenvalue weighted by molar-refractivity contribution is 7.90. The van der Waals surface area contributed by atoms with Crippen molar-refractivity contribution in [2.45, 2.75) is 11.3 Å². The summed E-state index contributed by atoms with van der Waals surface area (Å²) in [6.07, 6.45) is 1.84. The zero-order valence-corrected chi connectivity index (χ0v) is 11.4. The van der Waals surface area contributed by atoms with Crippen LogP contribution in [0, 0.1) is 0 Å². The first-order chi connectivity index (χ1) is 8.36. The topological polar surface area (TPSA) is 80.5 Å². The van der Waals surface area contributed by atoms with Crippen molar-refractivity contribution >= 4 is 15.7 Å². The van der Waals surface area contributed by atoms with Gasteiger partial charge in [-0.3, -0.25) is 4.79 Å². The standard InChI is InChI=1S/C12H18N2O3S/c1-14(8-4-7-13)12(15)10-5-3-6-11(9-10)18(2,16)17/h3,5-6,9H,4,7-8,13H2,1-2H3. The van der Waals surface area contributed by atoms with Gasteiger partial charge in [0.25, 0.3) is 5.91 Å². The Labute approximate surface area is 108 Å². The quantitative estimate of drug-likeness (QED) is 0.845. The summed E-state index contributed by atoms with van der Waals surface area (Å²) in [5.74, 6) is -0.200. The number of hydrogen-bond donors (Lipinski definition) is 1. The van der Waals surface area contributed by atoms with Gasteiger partial charge >= 0.3 is 0 Å². The zero-order chi connectivity index (χ0) is 13.8. The van der Waals surface area contributed by atoms with Gasteiger partial charge in [0.15, 0.2) is 9.84 Å². The van der Waals surface area contributed by atoms with E-state index in [1.807, 2.05) is 0 Å². The fraction of sp³-hybridized carbons (Fsp3) is 0.417. The van der Waals surface area contributed by atoms with Gasteiger partial charge in [-0.1, -0.05) is 6.07 Å². The number of carbonyl (C=O) groups excluding carboxylic acids is 1. The van der Waals surface area contributed by atoms with Crippen molar-refractivity contribution in [1.82, 2.24) is 4.90 Å². The molecule has 1 amide bonds. The third-order valence-electron chi connectivity index (χ3n) is 2.55. The molecule has 0 radical (unpaired) electrons. The second-order valence-corrected chi connectivity index (χ2v) is 6.18. The lowest BCUT2D eigenvalue weighted by Gasteiger charge is -2.16. The smallest absolute Gasteiger partial charge is 0.253 e. The summed E-state index contributed by atoms with van der Waals surface area (Å²) in [5.41, 5.74) is 5.75. The van der Waals surface area contributed by atoms with Crippen LogP contribution < -0.4 is 5.73 Å². The summed E-state index contributed by atoms with van der Waals surface area (Å²) in [6.45, 7) is 1.07. The van der Waals surface area contributed by atoms with Crippen LogP contribution >= 0.6 is 0 Å². The molecule has 1 aromatic carbocycles. The van der Waals surface area contributed by atoms with Gasteiger partial charge in [-0.25, -0.2) is 8.42 Å². The molecule has 0 aliphatic heterocycles. The van der Waals surface area contributed by atoms with Crippen LogP contribution in [0.3, 0.4) is 0 Å². The molecule has 0 saturated carbocycles. The second kappa shape index (κ2) is 5.97. The maximum Gasteiger partial charge on any atom is 0.253 e. The molecule has 1 aromatic rings. The van der Waals surface area contributed by atoms with Gasteiger partial charge in [-0.15, -0.1) is 0 Å². The van der Waals surface area contributed by atoms with Crippen LogP contribution in [-0.4, -0.2) is 45.6 Å². The fourth-order valence-corrected chi connectivity index (χ4v) is 2.18. The van der Waals surface area contributed by atoms with E-state index in [9.17, 15) is 13.2 Å². The van der Waals surface area contributed by atoms with E-state index in [-0.39, 0.29) is 10.8 Å². The minimum absolute atomic E-state index is 0.153. The molecule has 5 nitrogen and oxygen atoms in total. The molecular weight excluding hydrogens is 252 g/mol. The first kappa shape index (κ1) is 14.7. The van der Waals surface area contributed by atoms with Crippen molar-refractivity contribution in [1.29, 1.82) is 0 Å². The van der Waals surface area contributed by atoms with E-state index in [0.717, 1.165) is 6.26 Å². The number of nitrogens with two attached hydrogens (primary N) is 1. The average molecular weight is 270 g/mol. The van der Waals surface area contributed by atoms with Crippen LogP contribution in [0.25, 0.3) is 0 Å². The molecule has 0 heterocycles. The highest BCUT2D eigenvalue weighted by Gasteiger charge is 2.14. The maximum absolute atomic E-state index is 12.0. The molecule has 0 bridgehead atoms. The minimum atomic E-state index is -3.29. The van der Waals surface area contributed by atoms with Crippen molar-refractivity contribution < 1.29 is 13.2 Å². The molecule has 0 saturated heterocycles. The third-order valence-corrected chi connectivity index (χ3v) is 3.66. The second-order valence-electron chi connectivity index (χ2n) is 4.17. The Morgan fingerprint density at radius 2 is 2.06 bits per heavy atom. The summed E-state index contributed by atoms with van der Waals surface area (Å²) >= 11 is 0. The number of amides is 1. The molecule has 0 aromatic heterocycles. The first-order valence-corrected chi connectivity index (χ1v) is 7.51. The predicted molar refractivity (Wildman–Crippen MR) is 70.2 cm³/mol. The minimum Gasteiger partial charge on any atom is -0.342 e. The third kappa shape index (κ3) is 3.82. The Morgan fingerprint density at radius 1 is 1.39 bits per heavy atom. The van der Waals surface area contributed by atoms with E-state index >= 15 is 0 Å². The monoisotopic (exact) mass is 270 g/mol. The van der Waals surface area contributed by atoms with Gasteiger partial charge in [0, 0.05) is 25.4 Å². The highest BCUT2D eigenvalue weighted by atomic mass is 32.2. The SMILES string of the molecule is CN(CCCN)C(=O)c1cccc(S(C)(=O)=O)c1. The summed E-state index contributed by atoms with van der Waals surface area (Å²) in [5, 5.41) is 0. The summed E-state index contributed by atoms with van der Waals surface area (Å²) < 4.78 is 22.8. The number of carbonyl (C=O) groups is 1. The van der Waals surface area contributed by atoms with Gasteiger partial charge < -0.3 is 10.6 Å². The first-order valence-electron chi connectivity index (χ1n) is 5.62. The van der Waals surface area contributed by atoms with Gasteiger partial charge in [-0.05, 0) is 31.2 Å². The molecule has 2 N–H and O–H groups in total. The van der Waals surface area contributed by atoms with Crippen molar-refractivity contribution in [2.75, 3.05) is 26.4 Å². The summed E-state index contributed by atoms with van der Waals surface area (Å²) in [7, 11) is -1.62. The van der Waals surface area contributed by atoms with Crippen LogP contribution in [0.2, 0.25) is 0 Å². The Kier molecular flexibility index (Phi) is 4.86. The molecule has 0 unspecified atom stereocenters. The maximum atomic E-state index is 12.0. The van der Waals surface area contributed by atoms with Gasteiger partial charge in [0.05, 0.1) is 4.90 Å². The van der Waals surface area contributed by atoms with Crippen LogP contribution in [0.1, 0.15) is 16.8 Å². The Balaban J connectivity index is 2.93. The van der Waals surface area contributed by atoms with Gasteiger partial charge in [0.1, 0.15) is 0 Å². The average Bonchev–Trinajstić information content (AvgIpc) is 2.34. The van der Waals surface area contributed by atoms with Gasteiger partial charge in [-0.2, -0.15) is 0 Å². The Morgan fingerprint density at radius 3 is 2.61 bits per heavy atom. The number of benzene rings is 1. The van der Waals surface area contributed by atoms with Crippen LogP contribution in [0.15, 0.2) is 29.2 Å². The largest absolute Gasteiger partial charge is 0.342 e. The lowest BCUT2D eigenvalue weighted by molar-refractivity contribution is 0.0794. The molecule has 0 aliphatic carbocycles. The van der Waals surface area contributed by atoms with E-state index in [4.69, 9.17) is 5.73 Å². The van der Waals surface area contributed by atoms with Crippen LogP contribution in [0.4, 0.5) is 0 Å². The molecule has 0 fully saturated rings. The molecule has 0 spiro atoms. The van der Waals surface area contributed by atoms with Crippen molar-refractivity contribution in [3.63, 3.8) is 0 Å². The normalized spacial score (nSPS) is 11.3. The van der Waals surface area contributed by atoms with E-state index in [0.29, 0.717) is 25.1 Å². The van der Waals surface area contributed by atoms with E-state index < -0.39 is 9.84 Å². The van der Waals surface area contributed by atoms with Crippen LogP contribution in [0.5, 0.6) is 0 Å². The number of nitrogens with zero attached hydrogens (tertiary/aromatic N) is 1. The summed E-state index contributed by atoms with van der Waals surface area (Å²) in [4.78, 5) is 13.7. The lowest BCUT2D eigenvalue weighted by Crippen LogP contribution is -2.29. The van der Waals surface area contributed by atoms with Crippen molar-refractivity contribution in [3.8, 4) is 0 Å². The van der Waals surface area contributed by atoms with Crippen LogP contribution in [-0.2, 0) is 9.84 Å². The number of hydrogen-bond acceptors (Lipinski definition) is 4. The van der Waals surface area contributed by atoms with E-state index in [2.05, 4.69) is 0 Å². The molecule has 0 aliphatic rings. The van der Waals surface area contributed by atoms with Gasteiger partial charge in [0.2, 0.25) is 0 Å². The number of sulfone groups is 1. The predicted octanol–water partition coefficient (Wildman–Crippen LogP) is 0.511. The Bertz CT molecular complexity index is 526. The number of rotatable bonds is 5.